The normalized spacial score (nSPS) is 14.9. The van der Waals surface area contributed by atoms with Crippen molar-refractivity contribution in [3.63, 3.8) is 0 Å². The van der Waals surface area contributed by atoms with Crippen LogP contribution in [0, 0.1) is 6.92 Å². The second-order valence-corrected chi connectivity index (χ2v) is 5.93. The Morgan fingerprint density at radius 3 is 2.23 bits per heavy atom. The lowest BCUT2D eigenvalue weighted by Crippen LogP contribution is -2.35. The molecule has 3 nitrogen and oxygen atoms in total. The van der Waals surface area contributed by atoms with Crippen LogP contribution >= 0.6 is 0 Å². The number of carbonyl (C=O) groups excluding carboxylic acids is 1. The van der Waals surface area contributed by atoms with E-state index in [9.17, 15) is 9.90 Å². The standard InChI is InChI=1S/C19H21NO2/c1-14-13-17(9-10-18(14)21)15-5-7-16(8-6-15)19(22)20-11-3-2-4-12-20/h5-10,13,21H,2-4,11-12H2,1H3. The molecule has 1 amide bonds. The highest BCUT2D eigenvalue weighted by Gasteiger charge is 2.17. The van der Waals surface area contributed by atoms with Gasteiger partial charge in [-0.05, 0) is 67.1 Å². The first-order valence-electron chi connectivity index (χ1n) is 7.84. The molecule has 1 heterocycles. The Balaban J connectivity index is 1.79. The summed E-state index contributed by atoms with van der Waals surface area (Å²) in [6.45, 7) is 3.63. The SMILES string of the molecule is Cc1cc(-c2ccc(C(=O)N3CCCCC3)cc2)ccc1O. The number of rotatable bonds is 2. The van der Waals surface area contributed by atoms with Crippen molar-refractivity contribution in [3.05, 3.63) is 53.6 Å². The number of benzene rings is 2. The van der Waals surface area contributed by atoms with Crippen LogP contribution in [-0.4, -0.2) is 29.0 Å². The number of piperidine rings is 1. The van der Waals surface area contributed by atoms with Gasteiger partial charge in [-0.2, -0.15) is 0 Å². The van der Waals surface area contributed by atoms with E-state index in [2.05, 4.69) is 0 Å². The summed E-state index contributed by atoms with van der Waals surface area (Å²) in [6.07, 6.45) is 3.44. The van der Waals surface area contributed by atoms with Gasteiger partial charge in [0, 0.05) is 18.7 Å². The topological polar surface area (TPSA) is 40.5 Å². The lowest BCUT2D eigenvalue weighted by atomic mass is 10.0. The third-order valence-electron chi connectivity index (χ3n) is 4.31. The number of amides is 1. The summed E-state index contributed by atoms with van der Waals surface area (Å²) < 4.78 is 0. The number of likely N-dealkylation sites (tertiary alicyclic amines) is 1. The van der Waals surface area contributed by atoms with Crippen molar-refractivity contribution in [1.29, 1.82) is 0 Å². The minimum Gasteiger partial charge on any atom is -0.508 e. The Bertz CT molecular complexity index is 670. The molecule has 1 fully saturated rings. The third-order valence-corrected chi connectivity index (χ3v) is 4.31. The largest absolute Gasteiger partial charge is 0.508 e. The number of carbonyl (C=O) groups is 1. The van der Waals surface area contributed by atoms with E-state index < -0.39 is 0 Å². The maximum atomic E-state index is 12.4. The molecule has 0 spiro atoms. The van der Waals surface area contributed by atoms with E-state index in [1.807, 2.05) is 48.2 Å². The van der Waals surface area contributed by atoms with Crippen molar-refractivity contribution in [3.8, 4) is 16.9 Å². The van der Waals surface area contributed by atoms with Crippen LogP contribution in [-0.2, 0) is 0 Å². The van der Waals surface area contributed by atoms with E-state index in [1.54, 1.807) is 6.07 Å². The van der Waals surface area contributed by atoms with Crippen LogP contribution in [0.3, 0.4) is 0 Å². The summed E-state index contributed by atoms with van der Waals surface area (Å²) >= 11 is 0. The molecule has 0 saturated carbocycles. The van der Waals surface area contributed by atoms with Crippen molar-refractivity contribution in [2.45, 2.75) is 26.2 Å². The van der Waals surface area contributed by atoms with Crippen molar-refractivity contribution < 1.29 is 9.90 Å². The monoisotopic (exact) mass is 295 g/mol. The molecule has 22 heavy (non-hydrogen) atoms. The predicted molar refractivity (Wildman–Crippen MR) is 88.0 cm³/mol. The minimum absolute atomic E-state index is 0.133. The smallest absolute Gasteiger partial charge is 0.253 e. The Kier molecular flexibility index (Phi) is 4.14. The number of phenols is 1. The first-order valence-corrected chi connectivity index (χ1v) is 7.84. The van der Waals surface area contributed by atoms with Crippen LogP contribution in [0.5, 0.6) is 5.75 Å². The molecule has 1 N–H and O–H groups in total. The van der Waals surface area contributed by atoms with Gasteiger partial charge in [0.1, 0.15) is 5.75 Å². The van der Waals surface area contributed by atoms with Crippen LogP contribution in [0.4, 0.5) is 0 Å². The van der Waals surface area contributed by atoms with Gasteiger partial charge in [-0.3, -0.25) is 4.79 Å². The van der Waals surface area contributed by atoms with Crippen LogP contribution < -0.4 is 0 Å². The molecule has 2 aromatic carbocycles. The Morgan fingerprint density at radius 2 is 1.59 bits per heavy atom. The van der Waals surface area contributed by atoms with Gasteiger partial charge in [0.15, 0.2) is 0 Å². The molecule has 2 aromatic rings. The minimum atomic E-state index is 0.133. The molecule has 0 aliphatic carbocycles. The molecule has 1 aliphatic rings. The number of hydrogen-bond donors (Lipinski definition) is 1. The molecule has 0 aromatic heterocycles. The lowest BCUT2D eigenvalue weighted by Gasteiger charge is -2.26. The van der Waals surface area contributed by atoms with Crippen LogP contribution in [0.15, 0.2) is 42.5 Å². The third kappa shape index (κ3) is 2.98. The van der Waals surface area contributed by atoms with Gasteiger partial charge in [-0.1, -0.05) is 18.2 Å². The summed E-state index contributed by atoms with van der Waals surface area (Å²) in [4.78, 5) is 14.4. The van der Waals surface area contributed by atoms with Gasteiger partial charge in [0.2, 0.25) is 0 Å². The zero-order valence-corrected chi connectivity index (χ0v) is 12.9. The van der Waals surface area contributed by atoms with Crippen molar-refractivity contribution >= 4 is 5.91 Å². The summed E-state index contributed by atoms with van der Waals surface area (Å²) in [5.74, 6) is 0.439. The Morgan fingerprint density at radius 1 is 0.955 bits per heavy atom. The molecule has 114 valence electrons. The first kappa shape index (κ1) is 14.6. The Labute approximate surface area is 131 Å². The molecule has 0 bridgehead atoms. The highest BCUT2D eigenvalue weighted by Crippen LogP contribution is 2.26. The van der Waals surface area contributed by atoms with E-state index in [0.717, 1.165) is 48.2 Å². The van der Waals surface area contributed by atoms with E-state index in [4.69, 9.17) is 0 Å². The highest BCUT2D eigenvalue weighted by atomic mass is 16.3. The summed E-state index contributed by atoms with van der Waals surface area (Å²) in [6, 6.07) is 13.3. The second kappa shape index (κ2) is 6.22. The van der Waals surface area contributed by atoms with Gasteiger partial charge >= 0.3 is 0 Å². The number of aryl methyl sites for hydroxylation is 1. The average molecular weight is 295 g/mol. The summed E-state index contributed by atoms with van der Waals surface area (Å²) in [5.41, 5.74) is 3.71. The molecule has 1 aliphatic heterocycles. The van der Waals surface area contributed by atoms with Gasteiger partial charge in [-0.15, -0.1) is 0 Å². The first-order chi connectivity index (χ1) is 10.6. The molecule has 3 rings (SSSR count). The summed E-state index contributed by atoms with van der Waals surface area (Å²) in [5, 5.41) is 9.60. The molecule has 0 atom stereocenters. The number of phenolic OH excluding ortho intramolecular Hbond substituents is 1. The lowest BCUT2D eigenvalue weighted by molar-refractivity contribution is 0.0724. The van der Waals surface area contributed by atoms with E-state index in [0.29, 0.717) is 5.75 Å². The van der Waals surface area contributed by atoms with Gasteiger partial charge in [-0.25, -0.2) is 0 Å². The molecular weight excluding hydrogens is 274 g/mol. The quantitative estimate of drug-likeness (QED) is 0.910. The van der Waals surface area contributed by atoms with Gasteiger partial charge < -0.3 is 10.0 Å². The van der Waals surface area contributed by atoms with Crippen molar-refractivity contribution in [2.75, 3.05) is 13.1 Å². The summed E-state index contributed by atoms with van der Waals surface area (Å²) in [7, 11) is 0. The maximum Gasteiger partial charge on any atom is 0.253 e. The van der Waals surface area contributed by atoms with Crippen LogP contribution in [0.1, 0.15) is 35.2 Å². The van der Waals surface area contributed by atoms with Gasteiger partial charge in [0.25, 0.3) is 5.91 Å². The maximum absolute atomic E-state index is 12.4. The molecule has 3 heteroatoms. The van der Waals surface area contributed by atoms with E-state index >= 15 is 0 Å². The van der Waals surface area contributed by atoms with E-state index in [1.165, 1.54) is 6.42 Å². The van der Waals surface area contributed by atoms with Crippen molar-refractivity contribution in [1.82, 2.24) is 4.90 Å². The Hall–Kier alpha value is -2.29. The highest BCUT2D eigenvalue weighted by molar-refractivity contribution is 5.94. The van der Waals surface area contributed by atoms with E-state index in [-0.39, 0.29) is 5.91 Å². The molecular formula is C19H21NO2. The number of aromatic hydroxyl groups is 1. The zero-order valence-electron chi connectivity index (χ0n) is 12.9. The molecule has 1 saturated heterocycles. The number of nitrogens with zero attached hydrogens (tertiary/aromatic N) is 1. The van der Waals surface area contributed by atoms with Crippen LogP contribution in [0.25, 0.3) is 11.1 Å². The van der Waals surface area contributed by atoms with Crippen LogP contribution in [0.2, 0.25) is 0 Å². The molecule has 0 unspecified atom stereocenters. The fourth-order valence-electron chi connectivity index (χ4n) is 2.92. The second-order valence-electron chi connectivity index (χ2n) is 5.93. The molecule has 0 radical (unpaired) electrons. The predicted octanol–water partition coefficient (Wildman–Crippen LogP) is 3.99. The fraction of sp³-hybridized carbons (Fsp3) is 0.316. The fourth-order valence-corrected chi connectivity index (χ4v) is 2.92. The average Bonchev–Trinajstić information content (AvgIpc) is 2.58. The van der Waals surface area contributed by atoms with Crippen molar-refractivity contribution in [2.24, 2.45) is 0 Å². The van der Waals surface area contributed by atoms with Gasteiger partial charge in [0.05, 0.1) is 0 Å². The number of hydrogen-bond acceptors (Lipinski definition) is 2. The zero-order chi connectivity index (χ0) is 15.5.